The molecule has 0 aliphatic heterocycles. The van der Waals surface area contributed by atoms with Gasteiger partial charge in [0.05, 0.1) is 0 Å². The number of hydrogen-bond donors (Lipinski definition) is 2. The van der Waals surface area contributed by atoms with Gasteiger partial charge in [-0.3, -0.25) is 0 Å². The minimum atomic E-state index is -0.178. The van der Waals surface area contributed by atoms with Crippen LogP contribution in [0.4, 0.5) is 4.39 Å². The summed E-state index contributed by atoms with van der Waals surface area (Å²) in [5.41, 5.74) is 2.13. The highest BCUT2D eigenvalue weighted by Gasteiger charge is 2.20. The van der Waals surface area contributed by atoms with E-state index in [1.807, 2.05) is 6.07 Å². The molecule has 2 N–H and O–H groups in total. The van der Waals surface area contributed by atoms with Gasteiger partial charge in [-0.25, -0.2) is 4.39 Å². The van der Waals surface area contributed by atoms with Gasteiger partial charge in [-0.15, -0.1) is 0 Å². The molecule has 0 unspecified atom stereocenters. The molecule has 1 heterocycles. The van der Waals surface area contributed by atoms with Crippen molar-refractivity contribution < 1.29 is 4.39 Å². The molecule has 0 bridgehead atoms. The van der Waals surface area contributed by atoms with Gasteiger partial charge in [0.1, 0.15) is 5.82 Å². The van der Waals surface area contributed by atoms with Crippen LogP contribution in [0.25, 0.3) is 10.9 Å². The maximum Gasteiger partial charge on any atom is 0.123 e. The lowest BCUT2D eigenvalue weighted by atomic mass is 10.2. The molecule has 1 aromatic heterocycles. The first-order chi connectivity index (χ1) is 7.31. The average molecular weight is 204 g/mol. The second-order valence-electron chi connectivity index (χ2n) is 4.18. The highest BCUT2D eigenvalue weighted by molar-refractivity contribution is 5.80. The number of H-pyrrole nitrogens is 1. The van der Waals surface area contributed by atoms with Crippen LogP contribution in [0.15, 0.2) is 24.3 Å². The monoisotopic (exact) mass is 204 g/mol. The minimum Gasteiger partial charge on any atom is -0.357 e. The standard InChI is InChI=1S/C12H13FN2/c13-9-1-4-12-8(5-9)6-11(15-12)7-14-10-2-3-10/h1,4-6,10,14-15H,2-3,7H2. The second-order valence-corrected chi connectivity index (χ2v) is 4.18. The third-order valence-corrected chi connectivity index (χ3v) is 2.80. The van der Waals surface area contributed by atoms with Gasteiger partial charge >= 0.3 is 0 Å². The molecule has 1 aliphatic carbocycles. The van der Waals surface area contributed by atoms with Gasteiger partial charge in [-0.2, -0.15) is 0 Å². The molecule has 0 spiro atoms. The number of fused-ring (bicyclic) bond motifs is 1. The molecule has 15 heavy (non-hydrogen) atoms. The second kappa shape index (κ2) is 3.35. The first-order valence-electron chi connectivity index (χ1n) is 5.32. The van der Waals surface area contributed by atoms with E-state index >= 15 is 0 Å². The van der Waals surface area contributed by atoms with E-state index in [0.29, 0.717) is 6.04 Å². The van der Waals surface area contributed by atoms with Crippen LogP contribution in [0.5, 0.6) is 0 Å². The smallest absolute Gasteiger partial charge is 0.123 e. The van der Waals surface area contributed by atoms with Crippen molar-refractivity contribution in [3.63, 3.8) is 0 Å². The number of benzene rings is 1. The van der Waals surface area contributed by atoms with Crippen molar-refractivity contribution in [2.45, 2.75) is 25.4 Å². The van der Waals surface area contributed by atoms with Crippen LogP contribution in [-0.4, -0.2) is 11.0 Å². The first-order valence-corrected chi connectivity index (χ1v) is 5.32. The third-order valence-electron chi connectivity index (χ3n) is 2.80. The quantitative estimate of drug-likeness (QED) is 0.790. The Hall–Kier alpha value is -1.35. The predicted molar refractivity (Wildman–Crippen MR) is 58.1 cm³/mol. The maximum atomic E-state index is 12.9. The Bertz CT molecular complexity index is 485. The van der Waals surface area contributed by atoms with Crippen LogP contribution in [-0.2, 0) is 6.54 Å². The summed E-state index contributed by atoms with van der Waals surface area (Å²) in [6, 6.07) is 7.54. The SMILES string of the molecule is Fc1ccc2[nH]c(CNC3CC3)cc2c1. The number of aromatic amines is 1. The number of hydrogen-bond acceptors (Lipinski definition) is 1. The van der Waals surface area contributed by atoms with Crippen molar-refractivity contribution in [2.75, 3.05) is 0 Å². The largest absolute Gasteiger partial charge is 0.357 e. The van der Waals surface area contributed by atoms with E-state index in [0.717, 1.165) is 23.1 Å². The maximum absolute atomic E-state index is 12.9. The van der Waals surface area contributed by atoms with Crippen molar-refractivity contribution in [1.29, 1.82) is 0 Å². The van der Waals surface area contributed by atoms with Crippen molar-refractivity contribution in [2.24, 2.45) is 0 Å². The lowest BCUT2D eigenvalue weighted by Crippen LogP contribution is -2.15. The van der Waals surface area contributed by atoms with Crippen molar-refractivity contribution in [1.82, 2.24) is 10.3 Å². The van der Waals surface area contributed by atoms with Crippen LogP contribution in [0.2, 0.25) is 0 Å². The van der Waals surface area contributed by atoms with Crippen LogP contribution in [0.3, 0.4) is 0 Å². The molecule has 2 aromatic rings. The molecule has 1 aromatic carbocycles. The Balaban J connectivity index is 1.84. The van der Waals surface area contributed by atoms with Crippen molar-refractivity contribution in [3.8, 4) is 0 Å². The van der Waals surface area contributed by atoms with E-state index in [4.69, 9.17) is 0 Å². The van der Waals surface area contributed by atoms with Crippen LogP contribution < -0.4 is 5.32 Å². The van der Waals surface area contributed by atoms with E-state index in [9.17, 15) is 4.39 Å². The molecule has 1 saturated carbocycles. The average Bonchev–Trinajstić information content (AvgIpc) is 2.95. The minimum absolute atomic E-state index is 0.178. The fourth-order valence-electron chi connectivity index (χ4n) is 1.80. The Morgan fingerprint density at radius 2 is 2.20 bits per heavy atom. The summed E-state index contributed by atoms with van der Waals surface area (Å²) in [7, 11) is 0. The summed E-state index contributed by atoms with van der Waals surface area (Å²) in [6.45, 7) is 0.848. The molecule has 2 nitrogen and oxygen atoms in total. The van der Waals surface area contributed by atoms with E-state index in [-0.39, 0.29) is 5.82 Å². The molecular weight excluding hydrogens is 191 g/mol. The Labute approximate surface area is 87.5 Å². The normalized spacial score (nSPS) is 16.1. The third kappa shape index (κ3) is 1.88. The Kier molecular flexibility index (Phi) is 1.99. The summed E-state index contributed by atoms with van der Waals surface area (Å²) >= 11 is 0. The van der Waals surface area contributed by atoms with Gasteiger partial charge in [0.15, 0.2) is 0 Å². The molecule has 0 atom stereocenters. The molecule has 0 radical (unpaired) electrons. The van der Waals surface area contributed by atoms with Gasteiger partial charge < -0.3 is 10.3 Å². The van der Waals surface area contributed by atoms with E-state index in [1.54, 1.807) is 12.1 Å². The number of halogens is 1. The highest BCUT2D eigenvalue weighted by Crippen LogP contribution is 2.20. The molecule has 0 amide bonds. The number of rotatable bonds is 3. The van der Waals surface area contributed by atoms with Crippen LogP contribution >= 0.6 is 0 Å². The summed E-state index contributed by atoms with van der Waals surface area (Å²) in [4.78, 5) is 3.28. The summed E-state index contributed by atoms with van der Waals surface area (Å²) < 4.78 is 12.9. The van der Waals surface area contributed by atoms with Gasteiger partial charge in [0.25, 0.3) is 0 Å². The predicted octanol–water partition coefficient (Wildman–Crippen LogP) is 2.56. The molecule has 1 aliphatic rings. The zero-order chi connectivity index (χ0) is 10.3. The van der Waals surface area contributed by atoms with Gasteiger partial charge in [0.2, 0.25) is 0 Å². The fraction of sp³-hybridized carbons (Fsp3) is 0.333. The van der Waals surface area contributed by atoms with Gasteiger partial charge in [-0.1, -0.05) is 0 Å². The topological polar surface area (TPSA) is 27.8 Å². The number of nitrogens with one attached hydrogen (secondary N) is 2. The van der Waals surface area contributed by atoms with Crippen molar-refractivity contribution >= 4 is 10.9 Å². The summed E-state index contributed by atoms with van der Waals surface area (Å²) in [5.74, 6) is -0.178. The number of aromatic nitrogens is 1. The first kappa shape index (κ1) is 8.92. The fourth-order valence-corrected chi connectivity index (χ4v) is 1.80. The lowest BCUT2D eigenvalue weighted by molar-refractivity contribution is 0.630. The Morgan fingerprint density at radius 3 is 3.00 bits per heavy atom. The molecule has 3 heteroatoms. The Morgan fingerprint density at radius 1 is 1.33 bits per heavy atom. The zero-order valence-electron chi connectivity index (χ0n) is 8.39. The molecular formula is C12H13FN2. The lowest BCUT2D eigenvalue weighted by Gasteiger charge is -1.98. The van der Waals surface area contributed by atoms with Gasteiger partial charge in [-0.05, 0) is 37.1 Å². The summed E-state index contributed by atoms with van der Waals surface area (Å²) in [6.07, 6.45) is 2.57. The van der Waals surface area contributed by atoms with Crippen LogP contribution in [0, 0.1) is 5.82 Å². The molecule has 78 valence electrons. The van der Waals surface area contributed by atoms with E-state index < -0.39 is 0 Å². The molecule has 0 saturated heterocycles. The zero-order valence-corrected chi connectivity index (χ0v) is 8.39. The van der Waals surface area contributed by atoms with Crippen molar-refractivity contribution in [3.05, 3.63) is 35.8 Å². The molecule has 3 rings (SSSR count). The van der Waals surface area contributed by atoms with Gasteiger partial charge in [0, 0.05) is 29.2 Å². The van der Waals surface area contributed by atoms with E-state index in [1.165, 1.54) is 18.9 Å². The highest BCUT2D eigenvalue weighted by atomic mass is 19.1. The van der Waals surface area contributed by atoms with Crippen LogP contribution in [0.1, 0.15) is 18.5 Å². The molecule has 1 fully saturated rings. The summed E-state index contributed by atoms with van der Waals surface area (Å²) in [5, 5.41) is 4.37. The van der Waals surface area contributed by atoms with E-state index in [2.05, 4.69) is 10.3 Å².